The van der Waals surface area contributed by atoms with Crippen molar-refractivity contribution in [3.8, 4) is 0 Å². The van der Waals surface area contributed by atoms with Crippen molar-refractivity contribution in [1.29, 1.82) is 0 Å². The molecule has 0 radical (unpaired) electrons. The summed E-state index contributed by atoms with van der Waals surface area (Å²) in [5.74, 6) is 0. The summed E-state index contributed by atoms with van der Waals surface area (Å²) in [4.78, 5) is 9.91. The van der Waals surface area contributed by atoms with Gasteiger partial charge in [0, 0.05) is 0 Å². The molecule has 2 heteroatoms. The first kappa shape index (κ1) is 6.15. The van der Waals surface area contributed by atoms with E-state index in [1.807, 2.05) is 6.92 Å². The fraction of sp³-hybridized carbons (Fsp3) is 0.667. The molecular formula is C3H6OSr. The quantitative estimate of drug-likeness (QED) is 0.469. The Hall–Kier alpha value is 1.15. The van der Waals surface area contributed by atoms with E-state index in [-0.39, 0.29) is 0 Å². The molecular weight excluding hydrogens is 140 g/mol. The molecule has 0 saturated heterocycles. The molecule has 0 aromatic carbocycles. The van der Waals surface area contributed by atoms with Gasteiger partial charge in [0.25, 0.3) is 0 Å². The number of rotatable bonds is 1. The van der Waals surface area contributed by atoms with Crippen molar-refractivity contribution in [3.05, 3.63) is 0 Å². The summed E-state index contributed by atoms with van der Waals surface area (Å²) in [5.41, 5.74) is 0. The number of hydrogen-bond donors (Lipinski definition) is 0. The van der Waals surface area contributed by atoms with Crippen LogP contribution in [0, 0.1) is 0 Å². The maximum absolute atomic E-state index is 9.91. The first-order valence-electron chi connectivity index (χ1n) is 1.76. The first-order chi connectivity index (χ1) is 2.27. The fourth-order valence-corrected chi connectivity index (χ4v) is 0. The van der Waals surface area contributed by atoms with Crippen molar-refractivity contribution >= 4 is 44.0 Å². The third-order valence-electron chi connectivity index (χ3n) is 0.498. The van der Waals surface area contributed by atoms with E-state index in [1.165, 1.54) is 0 Å². The van der Waals surface area contributed by atoms with Gasteiger partial charge in [-0.1, -0.05) is 0 Å². The number of carbonyl (C=O) groups excluding carboxylic acids is 1. The Bertz CT molecular complexity index is 42.2. The molecule has 0 spiro atoms. The van der Waals surface area contributed by atoms with Gasteiger partial charge in [-0.05, 0) is 0 Å². The molecule has 0 heterocycles. The van der Waals surface area contributed by atoms with Crippen molar-refractivity contribution in [2.24, 2.45) is 0 Å². The van der Waals surface area contributed by atoms with Crippen LogP contribution in [0.5, 0.6) is 0 Å². The Morgan fingerprint density at radius 2 is 2.20 bits per heavy atom. The second-order valence-electron chi connectivity index (χ2n) is 1.06. The van der Waals surface area contributed by atoms with Crippen LogP contribution < -0.4 is 0 Å². The molecule has 0 saturated carbocycles. The van der Waals surface area contributed by atoms with Gasteiger partial charge in [-0.2, -0.15) is 0 Å². The number of hydrogen-bond acceptors (Lipinski definition) is 1. The molecule has 0 amide bonds. The Labute approximate surface area is 61.3 Å². The molecule has 0 aromatic rings. The molecule has 0 N–H and O–H groups in total. The van der Waals surface area contributed by atoms with Gasteiger partial charge >= 0.3 is 62.1 Å². The zero-order chi connectivity index (χ0) is 4.28. The van der Waals surface area contributed by atoms with E-state index in [0.717, 1.165) is 6.42 Å². The molecule has 26 valence electrons. The monoisotopic (exact) mass is 146 g/mol. The average molecular weight is 146 g/mol. The molecule has 0 aromatic heterocycles. The van der Waals surface area contributed by atoms with Crippen LogP contribution in [0.3, 0.4) is 0 Å². The fourth-order valence-electron chi connectivity index (χ4n) is 0. The summed E-state index contributed by atoms with van der Waals surface area (Å²) in [6.45, 7) is 1.90. The van der Waals surface area contributed by atoms with Gasteiger partial charge in [0.05, 0.1) is 0 Å². The second-order valence-corrected chi connectivity index (χ2v) is 3.80. The van der Waals surface area contributed by atoms with Crippen LogP contribution >= 0.6 is 0 Å². The third kappa shape index (κ3) is 5.15. The van der Waals surface area contributed by atoms with Crippen LogP contribution in [0.25, 0.3) is 0 Å². The summed E-state index contributed by atoms with van der Waals surface area (Å²) in [6.07, 6.45) is 0.760. The van der Waals surface area contributed by atoms with Gasteiger partial charge in [0.2, 0.25) is 0 Å². The van der Waals surface area contributed by atoms with Crippen molar-refractivity contribution in [2.75, 3.05) is 0 Å². The van der Waals surface area contributed by atoms with Crippen LogP contribution in [0.4, 0.5) is 0 Å². The second kappa shape index (κ2) is 3.34. The van der Waals surface area contributed by atoms with Gasteiger partial charge in [-0.15, -0.1) is 0 Å². The molecule has 0 aliphatic heterocycles. The van der Waals surface area contributed by atoms with E-state index in [0.29, 0.717) is 44.0 Å². The van der Waals surface area contributed by atoms with Crippen LogP contribution in [0.15, 0.2) is 0 Å². The standard InChI is InChI=1S/C3H5O.Sr.H/c1-2-3-4;;/h2H2,1H3;;. The predicted molar refractivity (Wildman–Crippen MR) is 22.4 cm³/mol. The van der Waals surface area contributed by atoms with E-state index in [2.05, 4.69) is 0 Å². The van der Waals surface area contributed by atoms with Gasteiger partial charge in [-0.3, -0.25) is 0 Å². The van der Waals surface area contributed by atoms with E-state index in [4.69, 9.17) is 0 Å². The predicted octanol–water partition coefficient (Wildman–Crippen LogP) is -0.176. The summed E-state index contributed by atoms with van der Waals surface area (Å²) in [6, 6.07) is 0. The molecule has 0 fully saturated rings. The molecule has 0 atom stereocenters. The molecule has 0 bridgehead atoms. The van der Waals surface area contributed by atoms with Gasteiger partial charge < -0.3 is 0 Å². The van der Waals surface area contributed by atoms with Crippen molar-refractivity contribution < 1.29 is 4.79 Å². The topological polar surface area (TPSA) is 17.1 Å². The Balaban J connectivity index is 2.85. The van der Waals surface area contributed by atoms with Gasteiger partial charge in [0.1, 0.15) is 0 Å². The van der Waals surface area contributed by atoms with Crippen molar-refractivity contribution in [1.82, 2.24) is 0 Å². The van der Waals surface area contributed by atoms with Crippen molar-refractivity contribution in [2.45, 2.75) is 13.3 Å². The number of carbonyl (C=O) groups is 1. The summed E-state index contributed by atoms with van der Waals surface area (Å²) in [5, 5.41) is 0. The van der Waals surface area contributed by atoms with Crippen LogP contribution in [0.1, 0.15) is 13.3 Å². The Kier molecular flexibility index (Phi) is 4.11. The van der Waals surface area contributed by atoms with E-state index in [9.17, 15) is 4.79 Å². The summed E-state index contributed by atoms with van der Waals surface area (Å²) >= 11 is 0.294. The zero-order valence-corrected chi connectivity index (χ0v) is 8.53. The van der Waals surface area contributed by atoms with Crippen LogP contribution in [-0.2, 0) is 4.79 Å². The Morgan fingerprint density at radius 1 is 2.00 bits per heavy atom. The SMILES string of the molecule is CC[C](=O)[SrH]. The van der Waals surface area contributed by atoms with E-state index >= 15 is 0 Å². The van der Waals surface area contributed by atoms with Gasteiger partial charge in [0.15, 0.2) is 0 Å². The van der Waals surface area contributed by atoms with Crippen LogP contribution in [0.2, 0.25) is 0 Å². The first-order valence-corrected chi connectivity index (χ1v) is 4.22. The molecule has 5 heavy (non-hydrogen) atoms. The molecule has 0 aliphatic carbocycles. The minimum atomic E-state index is 0.294. The molecule has 1 nitrogen and oxygen atoms in total. The van der Waals surface area contributed by atoms with Crippen molar-refractivity contribution in [3.63, 3.8) is 0 Å². The average Bonchev–Trinajstić information content (AvgIpc) is 1.38. The summed E-state index contributed by atoms with van der Waals surface area (Å²) in [7, 11) is 0. The van der Waals surface area contributed by atoms with E-state index < -0.39 is 0 Å². The molecule has 0 rings (SSSR count). The van der Waals surface area contributed by atoms with Crippen LogP contribution in [-0.4, -0.2) is 44.0 Å². The molecule has 0 unspecified atom stereocenters. The summed E-state index contributed by atoms with van der Waals surface area (Å²) < 4.78 is 0.465. The Morgan fingerprint density at radius 3 is 2.20 bits per heavy atom. The maximum atomic E-state index is 9.91. The molecule has 0 aliphatic rings. The van der Waals surface area contributed by atoms with Gasteiger partial charge in [-0.25, -0.2) is 0 Å². The minimum absolute atomic E-state index is 0.294. The normalized spacial score (nSPS) is 7.20. The van der Waals surface area contributed by atoms with E-state index in [1.54, 1.807) is 0 Å². The zero-order valence-electron chi connectivity index (χ0n) is 3.62. The third-order valence-corrected chi connectivity index (χ3v) is 2.24.